The summed E-state index contributed by atoms with van der Waals surface area (Å²) in [6.45, 7) is 4.20. The Labute approximate surface area is 137 Å². The van der Waals surface area contributed by atoms with Crippen LogP contribution in [0.5, 0.6) is 0 Å². The molecule has 0 radical (unpaired) electrons. The number of carbonyl (C=O) groups is 1. The molecule has 2 N–H and O–H groups in total. The van der Waals surface area contributed by atoms with E-state index in [1.165, 1.54) is 0 Å². The van der Waals surface area contributed by atoms with E-state index < -0.39 is 12.3 Å². The van der Waals surface area contributed by atoms with Gasteiger partial charge in [0.2, 0.25) is 0 Å². The average molecular weight is 324 g/mol. The van der Waals surface area contributed by atoms with Gasteiger partial charge in [-0.1, -0.05) is 13.8 Å². The summed E-state index contributed by atoms with van der Waals surface area (Å²) in [5, 5.41) is 21.4. The van der Waals surface area contributed by atoms with E-state index in [4.69, 9.17) is 0 Å². The van der Waals surface area contributed by atoms with Crippen molar-refractivity contribution in [1.29, 1.82) is 0 Å². The average Bonchev–Trinajstić information content (AvgIpc) is 2.76. The fourth-order valence-electron chi connectivity index (χ4n) is 7.14. The third-order valence-electron chi connectivity index (χ3n) is 8.33. The van der Waals surface area contributed by atoms with Crippen LogP contribution in [-0.2, 0) is 4.79 Å². The van der Waals surface area contributed by atoms with Crippen molar-refractivity contribution >= 4 is 5.78 Å². The Balaban J connectivity index is 1.73. The quantitative estimate of drug-likeness (QED) is 0.720. The molecule has 130 valence electrons. The molecular weight excluding hydrogens is 295 g/mol. The number of hydrogen-bond acceptors (Lipinski definition) is 3. The SMILES string of the molecule is C[C@]12CCC(=O)C[C@@H]1[C@@H](F)C[C@@H]1[C@@H]2[C@@H](O)C[C@]2(C)[C@@H](O)CC[C@@H]12. The molecule has 4 fully saturated rings. The summed E-state index contributed by atoms with van der Waals surface area (Å²) in [6.07, 6.45) is 2.57. The van der Waals surface area contributed by atoms with Crippen LogP contribution in [0.2, 0.25) is 0 Å². The highest BCUT2D eigenvalue weighted by molar-refractivity contribution is 5.79. The zero-order valence-electron chi connectivity index (χ0n) is 14.2. The second-order valence-corrected chi connectivity index (χ2v) is 9.27. The zero-order chi connectivity index (χ0) is 16.6. The lowest BCUT2D eigenvalue weighted by atomic mass is 9.44. The predicted octanol–water partition coefficient (Wildman–Crippen LogP) is 2.88. The Morgan fingerprint density at radius 3 is 2.61 bits per heavy atom. The maximum atomic E-state index is 15.0. The van der Waals surface area contributed by atoms with Crippen molar-refractivity contribution < 1.29 is 19.4 Å². The third kappa shape index (κ3) is 2.03. The van der Waals surface area contributed by atoms with Gasteiger partial charge in [-0.3, -0.25) is 4.79 Å². The minimum Gasteiger partial charge on any atom is -0.393 e. The number of carbonyl (C=O) groups excluding carboxylic acids is 1. The summed E-state index contributed by atoms with van der Waals surface area (Å²) in [7, 11) is 0. The first kappa shape index (κ1) is 16.0. The van der Waals surface area contributed by atoms with Gasteiger partial charge in [0, 0.05) is 18.8 Å². The number of Topliss-reactive ketones (excluding diaryl/α,β-unsaturated/α-hetero) is 1. The Morgan fingerprint density at radius 1 is 1.13 bits per heavy atom. The summed E-state index contributed by atoms with van der Waals surface area (Å²) < 4.78 is 15.0. The lowest BCUT2D eigenvalue weighted by Gasteiger charge is -2.62. The molecule has 4 heteroatoms. The lowest BCUT2D eigenvalue weighted by molar-refractivity contribution is -0.193. The minimum atomic E-state index is -0.946. The highest BCUT2D eigenvalue weighted by Crippen LogP contribution is 2.66. The Morgan fingerprint density at radius 2 is 1.87 bits per heavy atom. The van der Waals surface area contributed by atoms with E-state index in [1.807, 2.05) is 0 Å². The molecular formula is C19H29FO3. The van der Waals surface area contributed by atoms with Crippen LogP contribution in [0, 0.1) is 34.5 Å². The van der Waals surface area contributed by atoms with Crippen LogP contribution in [0.25, 0.3) is 0 Å². The molecule has 4 aliphatic rings. The second kappa shape index (κ2) is 5.01. The van der Waals surface area contributed by atoms with Crippen LogP contribution in [-0.4, -0.2) is 34.4 Å². The van der Waals surface area contributed by atoms with Crippen molar-refractivity contribution in [2.75, 3.05) is 0 Å². The number of aliphatic hydroxyl groups excluding tert-OH is 2. The van der Waals surface area contributed by atoms with Gasteiger partial charge in [0.1, 0.15) is 12.0 Å². The topological polar surface area (TPSA) is 57.5 Å². The molecule has 0 aromatic carbocycles. The van der Waals surface area contributed by atoms with Gasteiger partial charge >= 0.3 is 0 Å². The first-order chi connectivity index (χ1) is 10.8. The maximum absolute atomic E-state index is 15.0. The molecule has 4 rings (SSSR count). The molecule has 4 aliphatic carbocycles. The van der Waals surface area contributed by atoms with Crippen molar-refractivity contribution in [2.24, 2.45) is 34.5 Å². The molecule has 0 aromatic heterocycles. The van der Waals surface area contributed by atoms with Crippen LogP contribution >= 0.6 is 0 Å². The van der Waals surface area contributed by atoms with E-state index in [0.29, 0.717) is 38.0 Å². The summed E-state index contributed by atoms with van der Waals surface area (Å²) in [5.41, 5.74) is -0.543. The molecule has 0 bridgehead atoms. The molecule has 0 heterocycles. The van der Waals surface area contributed by atoms with Crippen molar-refractivity contribution in [1.82, 2.24) is 0 Å². The molecule has 9 atom stereocenters. The smallest absolute Gasteiger partial charge is 0.133 e. The highest BCUT2D eigenvalue weighted by atomic mass is 19.1. The molecule has 3 nitrogen and oxygen atoms in total. The Hall–Kier alpha value is -0.480. The van der Waals surface area contributed by atoms with Crippen LogP contribution in [0.15, 0.2) is 0 Å². The van der Waals surface area contributed by atoms with Gasteiger partial charge in [-0.05, 0) is 60.7 Å². The lowest BCUT2D eigenvalue weighted by Crippen LogP contribution is -2.61. The normalized spacial score (nSPS) is 59.2. The monoisotopic (exact) mass is 324 g/mol. The minimum absolute atomic E-state index is 0.0796. The van der Waals surface area contributed by atoms with E-state index in [-0.39, 0.29) is 40.5 Å². The number of rotatable bonds is 0. The van der Waals surface area contributed by atoms with Crippen LogP contribution in [0.4, 0.5) is 4.39 Å². The number of hydrogen-bond donors (Lipinski definition) is 2. The van der Waals surface area contributed by atoms with Gasteiger partial charge in [0.05, 0.1) is 12.2 Å². The van der Waals surface area contributed by atoms with Crippen molar-refractivity contribution in [3.8, 4) is 0 Å². The summed E-state index contributed by atoms with van der Waals surface area (Å²) >= 11 is 0. The zero-order valence-corrected chi connectivity index (χ0v) is 14.2. The van der Waals surface area contributed by atoms with Crippen molar-refractivity contribution in [3.63, 3.8) is 0 Å². The number of aliphatic hydroxyl groups is 2. The molecule has 0 spiro atoms. The number of fused-ring (bicyclic) bond motifs is 5. The standard InChI is InChI=1S/C19H29FO3/c1-18-6-5-10(21)7-13(18)14(20)8-11-12-3-4-16(23)19(12,2)9-15(22)17(11)18/h11-17,22-23H,3-9H2,1-2H3/t11-,12-,13+,14-,15-,16-,17+,18-,19-/m0/s1. The van der Waals surface area contributed by atoms with E-state index in [0.717, 1.165) is 12.8 Å². The van der Waals surface area contributed by atoms with E-state index in [2.05, 4.69) is 13.8 Å². The summed E-state index contributed by atoms with van der Waals surface area (Å²) in [4.78, 5) is 11.9. The van der Waals surface area contributed by atoms with Crippen LogP contribution < -0.4 is 0 Å². The van der Waals surface area contributed by atoms with Gasteiger partial charge in [-0.25, -0.2) is 4.39 Å². The Kier molecular flexibility index (Phi) is 3.49. The van der Waals surface area contributed by atoms with Gasteiger partial charge in [-0.15, -0.1) is 0 Å². The van der Waals surface area contributed by atoms with Crippen molar-refractivity contribution in [3.05, 3.63) is 0 Å². The predicted molar refractivity (Wildman–Crippen MR) is 84.4 cm³/mol. The molecule has 0 unspecified atom stereocenters. The molecule has 4 saturated carbocycles. The maximum Gasteiger partial charge on any atom is 0.133 e. The number of halogens is 1. The number of alkyl halides is 1. The largest absolute Gasteiger partial charge is 0.393 e. The van der Waals surface area contributed by atoms with Crippen LogP contribution in [0.3, 0.4) is 0 Å². The first-order valence-electron chi connectivity index (χ1n) is 9.29. The molecule has 0 saturated heterocycles. The molecule has 0 aromatic rings. The first-order valence-corrected chi connectivity index (χ1v) is 9.29. The summed E-state index contributed by atoms with van der Waals surface area (Å²) in [6, 6.07) is 0. The highest BCUT2D eigenvalue weighted by Gasteiger charge is 2.64. The van der Waals surface area contributed by atoms with Crippen molar-refractivity contribution in [2.45, 2.75) is 77.2 Å². The second-order valence-electron chi connectivity index (χ2n) is 9.27. The molecule has 23 heavy (non-hydrogen) atoms. The molecule has 0 amide bonds. The van der Waals surface area contributed by atoms with E-state index >= 15 is 4.39 Å². The van der Waals surface area contributed by atoms with Gasteiger partial charge < -0.3 is 10.2 Å². The third-order valence-corrected chi connectivity index (χ3v) is 8.33. The number of ketones is 1. The van der Waals surface area contributed by atoms with Gasteiger partial charge in [0.15, 0.2) is 0 Å². The van der Waals surface area contributed by atoms with E-state index in [9.17, 15) is 15.0 Å². The Bertz CT molecular complexity index is 523. The fraction of sp³-hybridized carbons (Fsp3) is 0.947. The fourth-order valence-corrected chi connectivity index (χ4v) is 7.14. The van der Waals surface area contributed by atoms with Gasteiger partial charge in [-0.2, -0.15) is 0 Å². The van der Waals surface area contributed by atoms with Crippen LogP contribution in [0.1, 0.15) is 58.8 Å². The molecule has 0 aliphatic heterocycles. The van der Waals surface area contributed by atoms with Gasteiger partial charge in [0.25, 0.3) is 0 Å². The van der Waals surface area contributed by atoms with E-state index in [1.54, 1.807) is 0 Å². The summed E-state index contributed by atoms with van der Waals surface area (Å²) in [5.74, 6) is 0.483.